The third kappa shape index (κ3) is 3.50. The van der Waals surface area contributed by atoms with Crippen molar-refractivity contribution in [3.63, 3.8) is 0 Å². The zero-order chi connectivity index (χ0) is 8.10. The van der Waals surface area contributed by atoms with Crippen LogP contribution in [0.1, 0.15) is 46.0 Å². The highest BCUT2D eigenvalue weighted by Gasteiger charge is 2.17. The molecule has 11 heavy (non-hydrogen) atoms. The van der Waals surface area contributed by atoms with Gasteiger partial charge in [-0.25, -0.2) is 0 Å². The van der Waals surface area contributed by atoms with Gasteiger partial charge in [0.05, 0.1) is 0 Å². The molecule has 0 aromatic rings. The Morgan fingerprint density at radius 1 is 1.55 bits per heavy atom. The third-order valence-electron chi connectivity index (χ3n) is 2.47. The van der Waals surface area contributed by atoms with Crippen LogP contribution in [-0.4, -0.2) is 11.0 Å². The van der Waals surface area contributed by atoms with Gasteiger partial charge in [-0.05, 0) is 30.9 Å². The van der Waals surface area contributed by atoms with Crippen molar-refractivity contribution in [1.29, 1.82) is 0 Å². The Kier molecular flexibility index (Phi) is 4.36. The molecule has 0 aliphatic carbocycles. The second kappa shape index (κ2) is 5.08. The molecule has 1 aliphatic heterocycles. The van der Waals surface area contributed by atoms with E-state index in [9.17, 15) is 0 Å². The van der Waals surface area contributed by atoms with Crippen LogP contribution in [0.4, 0.5) is 0 Å². The quantitative estimate of drug-likeness (QED) is 0.623. The molecule has 0 aromatic heterocycles. The summed E-state index contributed by atoms with van der Waals surface area (Å²) in [5, 5.41) is 1.01. The molecule has 1 heterocycles. The van der Waals surface area contributed by atoms with Crippen LogP contribution < -0.4 is 0 Å². The first kappa shape index (κ1) is 9.44. The minimum absolute atomic E-state index is 0.968. The van der Waals surface area contributed by atoms with E-state index < -0.39 is 0 Å². The number of rotatable bonds is 4. The molecule has 2 atom stereocenters. The molecule has 0 spiro atoms. The lowest BCUT2D eigenvalue weighted by Crippen LogP contribution is -2.04. The smallest absolute Gasteiger partial charge is 0.00498 e. The van der Waals surface area contributed by atoms with E-state index in [1.807, 2.05) is 0 Å². The molecule has 0 N–H and O–H groups in total. The van der Waals surface area contributed by atoms with Gasteiger partial charge in [-0.3, -0.25) is 0 Å². The predicted molar refractivity (Wildman–Crippen MR) is 54.2 cm³/mol. The van der Waals surface area contributed by atoms with E-state index in [1.165, 1.54) is 37.9 Å². The minimum Gasteiger partial charge on any atom is -0.159 e. The largest absolute Gasteiger partial charge is 0.159 e. The molecule has 1 fully saturated rings. The maximum Gasteiger partial charge on any atom is 0.00498 e. The molecule has 1 saturated heterocycles. The summed E-state index contributed by atoms with van der Waals surface area (Å²) in [6.45, 7) is 4.70. The predicted octanol–water partition coefficient (Wildman–Crippen LogP) is 3.71. The van der Waals surface area contributed by atoms with Crippen molar-refractivity contribution in [2.45, 2.75) is 51.2 Å². The molecule has 0 aromatic carbocycles. The lowest BCUT2D eigenvalue weighted by Gasteiger charge is -2.14. The maximum atomic E-state index is 2.41. The van der Waals surface area contributed by atoms with Gasteiger partial charge in [-0.2, -0.15) is 11.8 Å². The van der Waals surface area contributed by atoms with Crippen molar-refractivity contribution in [3.05, 3.63) is 0 Å². The Balaban J connectivity index is 2.08. The Morgan fingerprint density at radius 2 is 2.36 bits per heavy atom. The van der Waals surface area contributed by atoms with Gasteiger partial charge in [-0.15, -0.1) is 0 Å². The summed E-state index contributed by atoms with van der Waals surface area (Å²) >= 11 is 2.20. The van der Waals surface area contributed by atoms with Crippen molar-refractivity contribution < 1.29 is 0 Å². The zero-order valence-corrected chi connectivity index (χ0v) is 8.62. The third-order valence-corrected chi connectivity index (χ3v) is 3.89. The van der Waals surface area contributed by atoms with Gasteiger partial charge in [0.15, 0.2) is 0 Å². The van der Waals surface area contributed by atoms with Crippen LogP contribution in [0.25, 0.3) is 0 Å². The fourth-order valence-electron chi connectivity index (χ4n) is 1.89. The van der Waals surface area contributed by atoms with Crippen LogP contribution in [0.2, 0.25) is 0 Å². The molecule has 2 unspecified atom stereocenters. The highest BCUT2D eigenvalue weighted by Crippen LogP contribution is 2.31. The summed E-state index contributed by atoms with van der Waals surface area (Å²) in [5.74, 6) is 2.39. The second-order valence-corrected chi connectivity index (χ2v) is 5.17. The van der Waals surface area contributed by atoms with E-state index in [4.69, 9.17) is 0 Å². The standard InChI is InChI=1S/C10H20S/c1-3-5-9(2)8-10-6-4-7-11-10/h9-10H,3-8H2,1-2H3. The van der Waals surface area contributed by atoms with Crippen LogP contribution >= 0.6 is 11.8 Å². The Bertz CT molecular complexity index is 95.0. The van der Waals surface area contributed by atoms with Crippen LogP contribution in [-0.2, 0) is 0 Å². The average molecular weight is 172 g/mol. The summed E-state index contributed by atoms with van der Waals surface area (Å²) in [7, 11) is 0. The highest BCUT2D eigenvalue weighted by atomic mass is 32.2. The van der Waals surface area contributed by atoms with Crippen molar-refractivity contribution in [3.8, 4) is 0 Å². The molecule has 1 aliphatic rings. The van der Waals surface area contributed by atoms with Gasteiger partial charge >= 0.3 is 0 Å². The number of thioether (sulfide) groups is 1. The lowest BCUT2D eigenvalue weighted by atomic mass is 9.99. The molecule has 0 radical (unpaired) electrons. The molecular formula is C10H20S. The highest BCUT2D eigenvalue weighted by molar-refractivity contribution is 8.00. The van der Waals surface area contributed by atoms with Crippen LogP contribution in [0.15, 0.2) is 0 Å². The normalized spacial score (nSPS) is 27.3. The zero-order valence-electron chi connectivity index (χ0n) is 7.81. The SMILES string of the molecule is CCCC(C)CC1CCCS1. The molecule has 0 nitrogen and oxygen atoms in total. The van der Waals surface area contributed by atoms with Gasteiger partial charge in [0.25, 0.3) is 0 Å². The first-order chi connectivity index (χ1) is 5.33. The molecule has 0 amide bonds. The fraction of sp³-hybridized carbons (Fsp3) is 1.00. The van der Waals surface area contributed by atoms with E-state index in [0.717, 1.165) is 11.2 Å². The molecule has 0 saturated carbocycles. The molecule has 66 valence electrons. The Labute approximate surface area is 75.1 Å². The van der Waals surface area contributed by atoms with E-state index in [0.29, 0.717) is 0 Å². The molecule has 1 rings (SSSR count). The van der Waals surface area contributed by atoms with Gasteiger partial charge in [-0.1, -0.05) is 26.7 Å². The van der Waals surface area contributed by atoms with Crippen LogP contribution in [0, 0.1) is 5.92 Å². The molecule has 1 heteroatoms. The first-order valence-electron chi connectivity index (χ1n) is 4.94. The topological polar surface area (TPSA) is 0 Å². The number of hydrogen-bond donors (Lipinski definition) is 0. The first-order valence-corrected chi connectivity index (χ1v) is 5.99. The van der Waals surface area contributed by atoms with E-state index in [2.05, 4.69) is 25.6 Å². The summed E-state index contributed by atoms with van der Waals surface area (Å²) in [6.07, 6.45) is 7.21. The van der Waals surface area contributed by atoms with Crippen molar-refractivity contribution >= 4 is 11.8 Å². The van der Waals surface area contributed by atoms with E-state index in [1.54, 1.807) is 0 Å². The molecule has 0 bridgehead atoms. The van der Waals surface area contributed by atoms with E-state index >= 15 is 0 Å². The Morgan fingerprint density at radius 3 is 2.91 bits per heavy atom. The average Bonchev–Trinajstić information content (AvgIpc) is 2.40. The van der Waals surface area contributed by atoms with Gasteiger partial charge in [0, 0.05) is 5.25 Å². The molecular weight excluding hydrogens is 152 g/mol. The summed E-state index contributed by atoms with van der Waals surface area (Å²) in [6, 6.07) is 0. The monoisotopic (exact) mass is 172 g/mol. The van der Waals surface area contributed by atoms with Gasteiger partial charge < -0.3 is 0 Å². The minimum atomic E-state index is 0.968. The van der Waals surface area contributed by atoms with Gasteiger partial charge in [0.2, 0.25) is 0 Å². The van der Waals surface area contributed by atoms with Crippen LogP contribution in [0.3, 0.4) is 0 Å². The summed E-state index contributed by atoms with van der Waals surface area (Å²) in [5.41, 5.74) is 0. The van der Waals surface area contributed by atoms with E-state index in [-0.39, 0.29) is 0 Å². The fourth-order valence-corrected chi connectivity index (χ4v) is 3.35. The lowest BCUT2D eigenvalue weighted by molar-refractivity contribution is 0.473. The van der Waals surface area contributed by atoms with Crippen LogP contribution in [0.5, 0.6) is 0 Å². The maximum absolute atomic E-state index is 2.41. The summed E-state index contributed by atoms with van der Waals surface area (Å²) in [4.78, 5) is 0. The summed E-state index contributed by atoms with van der Waals surface area (Å²) < 4.78 is 0. The van der Waals surface area contributed by atoms with Crippen molar-refractivity contribution in [2.24, 2.45) is 5.92 Å². The van der Waals surface area contributed by atoms with Crippen molar-refractivity contribution in [1.82, 2.24) is 0 Å². The second-order valence-electron chi connectivity index (χ2n) is 3.76. The number of hydrogen-bond acceptors (Lipinski definition) is 1. The Hall–Kier alpha value is 0.350. The van der Waals surface area contributed by atoms with Gasteiger partial charge in [0.1, 0.15) is 0 Å². The van der Waals surface area contributed by atoms with Crippen molar-refractivity contribution in [2.75, 3.05) is 5.75 Å².